The molecule has 0 aliphatic heterocycles. The fraction of sp³-hybridized carbons (Fsp3) is 0. The van der Waals surface area contributed by atoms with Crippen LogP contribution in [0, 0.1) is 6.57 Å². The van der Waals surface area contributed by atoms with Gasteiger partial charge >= 0.3 is 0 Å². The number of rotatable bonds is 5. The summed E-state index contributed by atoms with van der Waals surface area (Å²) in [6.07, 6.45) is 0. The third-order valence-electron chi connectivity index (χ3n) is 8.36. The highest BCUT2D eigenvalue weighted by Crippen LogP contribution is 2.41. The Hall–Kier alpha value is -6.24. The monoisotopic (exact) mass is 574 g/mol. The summed E-state index contributed by atoms with van der Waals surface area (Å²) in [6, 6.07) is 54.2. The quantitative estimate of drug-likeness (QED) is 0.191. The molecule has 0 aliphatic carbocycles. The van der Waals surface area contributed by atoms with E-state index < -0.39 is 0 Å². The lowest BCUT2D eigenvalue weighted by Gasteiger charge is -2.13. The number of aromatic nitrogens is 1. The largest absolute Gasteiger partial charge is 0.436 e. The van der Waals surface area contributed by atoms with Crippen molar-refractivity contribution in [1.29, 1.82) is 0 Å². The smallest absolute Gasteiger partial charge is 0.227 e. The van der Waals surface area contributed by atoms with E-state index in [-0.39, 0.29) is 0 Å². The number of hydrogen-bond donors (Lipinski definition) is 0. The topological polar surface area (TPSA) is 30.4 Å². The summed E-state index contributed by atoms with van der Waals surface area (Å²) in [6.45, 7) is 7.31. The molecule has 0 saturated carbocycles. The summed E-state index contributed by atoms with van der Waals surface area (Å²) in [5.74, 6) is 0.599. The van der Waals surface area contributed by atoms with Gasteiger partial charge in [-0.25, -0.2) is 9.83 Å². The first-order valence-corrected chi connectivity index (χ1v) is 14.9. The molecule has 0 aliphatic rings. The Bertz CT molecular complexity index is 2350. The molecule has 0 fully saturated rings. The van der Waals surface area contributed by atoms with Crippen molar-refractivity contribution in [2.45, 2.75) is 0 Å². The Morgan fingerprint density at radius 1 is 0.444 bits per heavy atom. The average Bonchev–Trinajstić information content (AvgIpc) is 3.56. The predicted octanol–water partition coefficient (Wildman–Crippen LogP) is 11.9. The molecular weight excluding hydrogens is 548 g/mol. The molecule has 0 radical (unpaired) electrons. The van der Waals surface area contributed by atoms with Gasteiger partial charge in [0.25, 0.3) is 0 Å². The molecule has 8 rings (SSSR count). The molecule has 0 atom stereocenters. The standard InChI is InChI=1S/C42H26N2O/c1-43-34-22-20-31(21-23-34)35-24-25-36(38-15-9-8-14-37(35)38)33-26-39(30-12-6-3-7-13-30)41-40(27-33)45-42(44-41)32-18-16-29(17-19-32)28-10-4-2-5-11-28/h2-27H. The van der Waals surface area contributed by atoms with Crippen LogP contribution >= 0.6 is 0 Å². The van der Waals surface area contributed by atoms with Gasteiger partial charge in [-0.05, 0) is 74.0 Å². The number of fused-ring (bicyclic) bond motifs is 2. The van der Waals surface area contributed by atoms with Gasteiger partial charge in [0.2, 0.25) is 5.89 Å². The fourth-order valence-electron chi connectivity index (χ4n) is 6.10. The molecule has 3 nitrogen and oxygen atoms in total. The molecule has 0 spiro atoms. The summed E-state index contributed by atoms with van der Waals surface area (Å²) in [4.78, 5) is 8.59. The Balaban J connectivity index is 1.28. The third kappa shape index (κ3) is 4.85. The molecular formula is C42H26N2O. The summed E-state index contributed by atoms with van der Waals surface area (Å²) in [5.41, 5.74) is 12.0. The van der Waals surface area contributed by atoms with E-state index in [1.807, 2.05) is 36.4 Å². The summed E-state index contributed by atoms with van der Waals surface area (Å²) in [7, 11) is 0. The van der Waals surface area contributed by atoms with Gasteiger partial charge in [0.15, 0.2) is 11.3 Å². The second kappa shape index (κ2) is 11.1. The van der Waals surface area contributed by atoms with Gasteiger partial charge in [-0.1, -0.05) is 133 Å². The Kier molecular flexibility index (Phi) is 6.52. The van der Waals surface area contributed by atoms with Gasteiger partial charge in [-0.2, -0.15) is 0 Å². The van der Waals surface area contributed by atoms with Gasteiger partial charge in [-0.3, -0.25) is 0 Å². The van der Waals surface area contributed by atoms with Crippen LogP contribution in [0.25, 0.3) is 82.7 Å². The minimum atomic E-state index is 0.599. The van der Waals surface area contributed by atoms with Crippen LogP contribution in [0.3, 0.4) is 0 Å². The zero-order valence-corrected chi connectivity index (χ0v) is 24.3. The lowest BCUT2D eigenvalue weighted by Crippen LogP contribution is -1.88. The van der Waals surface area contributed by atoms with E-state index in [0.717, 1.165) is 66.4 Å². The van der Waals surface area contributed by atoms with Crippen molar-refractivity contribution in [1.82, 2.24) is 4.98 Å². The van der Waals surface area contributed by atoms with Crippen LogP contribution < -0.4 is 0 Å². The molecule has 210 valence electrons. The van der Waals surface area contributed by atoms with Crippen LogP contribution in [0.15, 0.2) is 162 Å². The third-order valence-corrected chi connectivity index (χ3v) is 8.36. The van der Waals surface area contributed by atoms with Crippen LogP contribution in [0.2, 0.25) is 0 Å². The van der Waals surface area contributed by atoms with Crippen LogP contribution in [-0.4, -0.2) is 4.98 Å². The maximum atomic E-state index is 7.31. The first-order valence-electron chi connectivity index (χ1n) is 14.9. The number of hydrogen-bond acceptors (Lipinski definition) is 2. The van der Waals surface area contributed by atoms with E-state index in [9.17, 15) is 0 Å². The molecule has 0 saturated heterocycles. The van der Waals surface area contributed by atoms with Crippen LogP contribution in [-0.2, 0) is 0 Å². The highest BCUT2D eigenvalue weighted by atomic mass is 16.3. The van der Waals surface area contributed by atoms with Crippen molar-refractivity contribution < 1.29 is 4.42 Å². The van der Waals surface area contributed by atoms with E-state index in [2.05, 4.69) is 126 Å². The van der Waals surface area contributed by atoms with E-state index in [1.165, 1.54) is 5.56 Å². The Morgan fingerprint density at radius 3 is 1.60 bits per heavy atom. The van der Waals surface area contributed by atoms with E-state index in [4.69, 9.17) is 16.0 Å². The number of benzene rings is 7. The molecule has 0 bridgehead atoms. The zero-order valence-electron chi connectivity index (χ0n) is 24.3. The second-order valence-corrected chi connectivity index (χ2v) is 11.1. The van der Waals surface area contributed by atoms with E-state index in [0.29, 0.717) is 11.6 Å². The minimum absolute atomic E-state index is 0.599. The first-order chi connectivity index (χ1) is 22.2. The molecule has 0 N–H and O–H groups in total. The normalized spacial score (nSPS) is 11.1. The molecule has 45 heavy (non-hydrogen) atoms. The second-order valence-electron chi connectivity index (χ2n) is 11.1. The van der Waals surface area contributed by atoms with Crippen molar-refractivity contribution >= 4 is 27.6 Å². The summed E-state index contributed by atoms with van der Waals surface area (Å²) in [5, 5.41) is 2.31. The lowest BCUT2D eigenvalue weighted by molar-refractivity contribution is 0.620. The first kappa shape index (κ1) is 26.4. The minimum Gasteiger partial charge on any atom is -0.436 e. The van der Waals surface area contributed by atoms with Crippen LogP contribution in [0.1, 0.15) is 0 Å². The molecule has 1 heterocycles. The average molecular weight is 575 g/mol. The molecule has 1 aromatic heterocycles. The fourth-order valence-corrected chi connectivity index (χ4v) is 6.10. The van der Waals surface area contributed by atoms with Crippen molar-refractivity contribution in [2.75, 3.05) is 0 Å². The molecule has 0 amide bonds. The highest BCUT2D eigenvalue weighted by molar-refractivity contribution is 6.07. The van der Waals surface area contributed by atoms with Crippen LogP contribution in [0.5, 0.6) is 0 Å². The van der Waals surface area contributed by atoms with Crippen molar-refractivity contribution in [3.05, 3.63) is 169 Å². The van der Waals surface area contributed by atoms with Gasteiger partial charge < -0.3 is 4.42 Å². The van der Waals surface area contributed by atoms with Crippen molar-refractivity contribution in [3.63, 3.8) is 0 Å². The molecule has 8 aromatic rings. The maximum Gasteiger partial charge on any atom is 0.227 e. The van der Waals surface area contributed by atoms with Crippen LogP contribution in [0.4, 0.5) is 5.69 Å². The van der Waals surface area contributed by atoms with Crippen molar-refractivity contribution in [2.24, 2.45) is 0 Å². The SMILES string of the molecule is [C-]#[N+]c1ccc(-c2ccc(-c3cc(-c4ccccc4)c4nc(-c5ccc(-c6ccccc6)cc5)oc4c3)c3ccccc23)cc1. The van der Waals surface area contributed by atoms with Gasteiger partial charge in [0, 0.05) is 11.1 Å². The molecule has 7 aromatic carbocycles. The summed E-state index contributed by atoms with van der Waals surface area (Å²) < 4.78 is 6.52. The van der Waals surface area contributed by atoms with Gasteiger partial charge in [0.05, 0.1) is 6.57 Å². The van der Waals surface area contributed by atoms with Gasteiger partial charge in [-0.15, -0.1) is 0 Å². The Morgan fingerprint density at radius 2 is 0.956 bits per heavy atom. The van der Waals surface area contributed by atoms with Crippen molar-refractivity contribution in [3.8, 4) is 56.0 Å². The Labute approximate surface area is 261 Å². The van der Waals surface area contributed by atoms with E-state index in [1.54, 1.807) is 0 Å². The number of nitrogens with zero attached hydrogens (tertiary/aromatic N) is 2. The maximum absolute atomic E-state index is 7.31. The number of oxazole rings is 1. The summed E-state index contributed by atoms with van der Waals surface area (Å²) >= 11 is 0. The van der Waals surface area contributed by atoms with E-state index >= 15 is 0 Å². The lowest BCUT2D eigenvalue weighted by atomic mass is 9.90. The predicted molar refractivity (Wildman–Crippen MR) is 185 cm³/mol. The molecule has 0 unspecified atom stereocenters. The highest BCUT2D eigenvalue weighted by Gasteiger charge is 2.17. The zero-order chi connectivity index (χ0) is 30.2. The van der Waals surface area contributed by atoms with Gasteiger partial charge in [0.1, 0.15) is 5.52 Å². The molecule has 3 heteroatoms.